The van der Waals surface area contributed by atoms with Gasteiger partial charge in [-0.15, -0.1) is 0 Å². The molecule has 4 heteroatoms. The fourth-order valence-electron chi connectivity index (χ4n) is 1.50. The number of hydrogen-bond donors (Lipinski definition) is 1. The number of rotatable bonds is 5. The van der Waals surface area contributed by atoms with Crippen LogP contribution in [0.25, 0.3) is 0 Å². The first kappa shape index (κ1) is 12.5. The Hall–Kier alpha value is -1.60. The highest BCUT2D eigenvalue weighted by molar-refractivity contribution is 5.42. The molecular formula is C12H17N3O. The van der Waals surface area contributed by atoms with E-state index in [2.05, 4.69) is 23.7 Å². The second kappa shape index (κ2) is 6.09. The Balaban J connectivity index is 2.80. The monoisotopic (exact) mass is 219 g/mol. The quantitative estimate of drug-likeness (QED) is 0.816. The summed E-state index contributed by atoms with van der Waals surface area (Å²) in [7, 11) is 0. The molecule has 0 bridgehead atoms. The maximum atomic E-state index is 8.84. The SMILES string of the molecule is CC(C)N(CCCO)c1ccc(C#N)cn1. The molecule has 0 amide bonds. The van der Waals surface area contributed by atoms with Crippen molar-refractivity contribution in [3.63, 3.8) is 0 Å². The van der Waals surface area contributed by atoms with Gasteiger partial charge in [0, 0.05) is 25.4 Å². The molecule has 16 heavy (non-hydrogen) atoms. The molecule has 0 radical (unpaired) electrons. The normalized spacial score (nSPS) is 10.2. The van der Waals surface area contributed by atoms with Crippen LogP contribution in [0.1, 0.15) is 25.8 Å². The van der Waals surface area contributed by atoms with Gasteiger partial charge in [-0.1, -0.05) is 0 Å². The number of aliphatic hydroxyl groups is 1. The summed E-state index contributed by atoms with van der Waals surface area (Å²) in [6, 6.07) is 5.97. The molecule has 1 N–H and O–H groups in total. The average molecular weight is 219 g/mol. The molecule has 4 nitrogen and oxygen atoms in total. The summed E-state index contributed by atoms with van der Waals surface area (Å²) in [5, 5.41) is 17.5. The minimum Gasteiger partial charge on any atom is -0.396 e. The van der Waals surface area contributed by atoms with Crippen LogP contribution in [0, 0.1) is 11.3 Å². The van der Waals surface area contributed by atoms with Crippen LogP contribution in [0.15, 0.2) is 18.3 Å². The van der Waals surface area contributed by atoms with Crippen molar-refractivity contribution in [2.24, 2.45) is 0 Å². The van der Waals surface area contributed by atoms with Crippen LogP contribution in [-0.2, 0) is 0 Å². The molecule has 0 saturated heterocycles. The summed E-state index contributed by atoms with van der Waals surface area (Å²) in [4.78, 5) is 6.35. The minimum absolute atomic E-state index is 0.180. The van der Waals surface area contributed by atoms with Crippen molar-refractivity contribution in [2.45, 2.75) is 26.3 Å². The smallest absolute Gasteiger partial charge is 0.128 e. The second-order valence-electron chi connectivity index (χ2n) is 3.88. The van der Waals surface area contributed by atoms with E-state index in [0.717, 1.165) is 18.8 Å². The summed E-state index contributed by atoms with van der Waals surface area (Å²) in [5.41, 5.74) is 0.564. The van der Waals surface area contributed by atoms with Crippen LogP contribution in [0.3, 0.4) is 0 Å². The van der Waals surface area contributed by atoms with E-state index in [0.29, 0.717) is 11.6 Å². The number of pyridine rings is 1. The van der Waals surface area contributed by atoms with Gasteiger partial charge in [0.05, 0.1) is 5.56 Å². The lowest BCUT2D eigenvalue weighted by atomic mass is 10.2. The van der Waals surface area contributed by atoms with Crippen LogP contribution < -0.4 is 4.90 Å². The number of aliphatic hydroxyl groups excluding tert-OH is 1. The zero-order valence-corrected chi connectivity index (χ0v) is 9.72. The molecule has 0 atom stereocenters. The summed E-state index contributed by atoms with van der Waals surface area (Å²) in [6.07, 6.45) is 2.30. The topological polar surface area (TPSA) is 60.1 Å². The largest absolute Gasteiger partial charge is 0.396 e. The van der Waals surface area contributed by atoms with E-state index in [1.807, 2.05) is 12.1 Å². The number of nitrogens with zero attached hydrogens (tertiary/aromatic N) is 3. The van der Waals surface area contributed by atoms with Gasteiger partial charge in [-0.05, 0) is 32.4 Å². The molecule has 0 aliphatic rings. The van der Waals surface area contributed by atoms with E-state index in [1.165, 1.54) is 0 Å². The number of aromatic nitrogens is 1. The molecule has 0 unspecified atom stereocenters. The fraction of sp³-hybridized carbons (Fsp3) is 0.500. The minimum atomic E-state index is 0.180. The Morgan fingerprint density at radius 2 is 2.25 bits per heavy atom. The van der Waals surface area contributed by atoms with Crippen molar-refractivity contribution in [3.8, 4) is 6.07 Å². The van der Waals surface area contributed by atoms with Crippen molar-refractivity contribution in [2.75, 3.05) is 18.1 Å². The van der Waals surface area contributed by atoms with Crippen molar-refractivity contribution in [1.29, 1.82) is 5.26 Å². The van der Waals surface area contributed by atoms with Gasteiger partial charge in [-0.25, -0.2) is 4.98 Å². The molecule has 0 spiro atoms. The molecular weight excluding hydrogens is 202 g/mol. The van der Waals surface area contributed by atoms with Gasteiger partial charge in [-0.2, -0.15) is 5.26 Å². The predicted molar refractivity (Wildman–Crippen MR) is 63.1 cm³/mol. The number of hydrogen-bond acceptors (Lipinski definition) is 4. The van der Waals surface area contributed by atoms with Crippen LogP contribution >= 0.6 is 0 Å². The molecule has 0 aliphatic carbocycles. The number of anilines is 1. The van der Waals surface area contributed by atoms with E-state index in [1.54, 1.807) is 12.3 Å². The van der Waals surface area contributed by atoms with E-state index in [4.69, 9.17) is 10.4 Å². The summed E-state index contributed by atoms with van der Waals surface area (Å²) in [5.74, 6) is 0.849. The average Bonchev–Trinajstić information content (AvgIpc) is 2.30. The van der Waals surface area contributed by atoms with Crippen LogP contribution in [0.4, 0.5) is 5.82 Å². The Bertz CT molecular complexity index is 354. The van der Waals surface area contributed by atoms with Gasteiger partial charge in [0.1, 0.15) is 11.9 Å². The lowest BCUT2D eigenvalue weighted by Gasteiger charge is -2.27. The highest BCUT2D eigenvalue weighted by atomic mass is 16.3. The Labute approximate surface area is 96.2 Å². The van der Waals surface area contributed by atoms with Crippen molar-refractivity contribution in [3.05, 3.63) is 23.9 Å². The lowest BCUT2D eigenvalue weighted by Crippen LogP contribution is -2.32. The molecule has 0 fully saturated rings. The van der Waals surface area contributed by atoms with Crippen LogP contribution in [0.5, 0.6) is 0 Å². The summed E-state index contributed by atoms with van der Waals surface area (Å²) < 4.78 is 0. The number of nitriles is 1. The molecule has 1 aromatic heterocycles. The molecule has 1 aromatic rings. The van der Waals surface area contributed by atoms with E-state index < -0.39 is 0 Å². The first-order chi connectivity index (χ1) is 7.69. The third-order valence-corrected chi connectivity index (χ3v) is 2.35. The third-order valence-electron chi connectivity index (χ3n) is 2.35. The first-order valence-corrected chi connectivity index (χ1v) is 5.42. The maximum Gasteiger partial charge on any atom is 0.128 e. The van der Waals surface area contributed by atoms with E-state index >= 15 is 0 Å². The van der Waals surface area contributed by atoms with Crippen molar-refractivity contribution >= 4 is 5.82 Å². The first-order valence-electron chi connectivity index (χ1n) is 5.42. The van der Waals surface area contributed by atoms with Crippen LogP contribution in [-0.4, -0.2) is 29.3 Å². The zero-order valence-electron chi connectivity index (χ0n) is 9.72. The van der Waals surface area contributed by atoms with E-state index in [-0.39, 0.29) is 6.61 Å². The highest BCUT2D eigenvalue weighted by Crippen LogP contribution is 2.14. The third kappa shape index (κ3) is 3.21. The van der Waals surface area contributed by atoms with Gasteiger partial charge in [0.25, 0.3) is 0 Å². The molecule has 1 rings (SSSR count). The standard InChI is InChI=1S/C12H17N3O/c1-10(2)15(6-3-7-16)12-5-4-11(8-13)9-14-12/h4-5,9-10,16H,3,6-7H2,1-2H3. The lowest BCUT2D eigenvalue weighted by molar-refractivity contribution is 0.288. The molecule has 0 aromatic carbocycles. The van der Waals surface area contributed by atoms with Gasteiger partial charge in [0.15, 0.2) is 0 Å². The Morgan fingerprint density at radius 1 is 1.50 bits per heavy atom. The molecule has 0 aliphatic heterocycles. The summed E-state index contributed by atoms with van der Waals surface area (Å²) >= 11 is 0. The Morgan fingerprint density at radius 3 is 2.69 bits per heavy atom. The van der Waals surface area contributed by atoms with E-state index in [9.17, 15) is 0 Å². The van der Waals surface area contributed by atoms with Crippen LogP contribution in [0.2, 0.25) is 0 Å². The van der Waals surface area contributed by atoms with Gasteiger partial charge < -0.3 is 10.0 Å². The van der Waals surface area contributed by atoms with Crippen molar-refractivity contribution < 1.29 is 5.11 Å². The molecule has 86 valence electrons. The van der Waals surface area contributed by atoms with Gasteiger partial charge in [0.2, 0.25) is 0 Å². The molecule has 0 saturated carbocycles. The summed E-state index contributed by atoms with van der Waals surface area (Å²) in [6.45, 7) is 5.11. The highest BCUT2D eigenvalue weighted by Gasteiger charge is 2.10. The Kier molecular flexibility index (Phi) is 4.74. The second-order valence-corrected chi connectivity index (χ2v) is 3.88. The van der Waals surface area contributed by atoms with Crippen molar-refractivity contribution in [1.82, 2.24) is 4.98 Å². The zero-order chi connectivity index (χ0) is 12.0. The maximum absolute atomic E-state index is 8.84. The molecule has 1 heterocycles. The van der Waals surface area contributed by atoms with Gasteiger partial charge >= 0.3 is 0 Å². The predicted octanol–water partition coefficient (Wildman–Crippen LogP) is 1.55. The fourth-order valence-corrected chi connectivity index (χ4v) is 1.50. The van der Waals surface area contributed by atoms with Gasteiger partial charge in [-0.3, -0.25) is 0 Å².